The van der Waals surface area contributed by atoms with Crippen LogP contribution in [0.2, 0.25) is 0 Å². The van der Waals surface area contributed by atoms with E-state index in [1.165, 1.54) is 0 Å². The van der Waals surface area contributed by atoms with Crippen molar-refractivity contribution in [3.63, 3.8) is 0 Å². The Hall–Kier alpha value is 2.04. The average Bonchev–Trinajstić information content (AvgIpc) is 1.35. The van der Waals surface area contributed by atoms with Gasteiger partial charge in [-0.1, -0.05) is 11.6 Å². The Morgan fingerprint density at radius 3 is 1.67 bits per heavy atom. The SMILES string of the molecule is ClCC(Cl)(I)I. The van der Waals surface area contributed by atoms with E-state index in [4.69, 9.17) is 23.2 Å². The summed E-state index contributed by atoms with van der Waals surface area (Å²) in [6.45, 7) is 0. The fraction of sp³-hybridized carbons (Fsp3) is 1.00. The highest BCUT2D eigenvalue weighted by atomic mass is 127. The fourth-order valence-electron chi connectivity index (χ4n) is 0. The monoisotopic (exact) mass is 350 g/mol. The summed E-state index contributed by atoms with van der Waals surface area (Å²) in [4.78, 5) is 0. The second-order valence-corrected chi connectivity index (χ2v) is 8.68. The minimum absolute atomic E-state index is 0.281. The molecule has 0 atom stereocenters. The molecule has 0 saturated heterocycles. The van der Waals surface area contributed by atoms with Crippen LogP contribution < -0.4 is 0 Å². The minimum Gasteiger partial charge on any atom is -0.123 e. The van der Waals surface area contributed by atoms with Gasteiger partial charge in [0.1, 0.15) is 0 Å². The fourth-order valence-corrected chi connectivity index (χ4v) is 0. The summed E-state index contributed by atoms with van der Waals surface area (Å²) in [6, 6.07) is 0. The first-order valence-electron chi connectivity index (χ1n) is 1.19. The zero-order valence-electron chi connectivity index (χ0n) is 2.72. The highest BCUT2D eigenvalue weighted by Crippen LogP contribution is 2.32. The van der Waals surface area contributed by atoms with Crippen LogP contribution in [0.1, 0.15) is 0 Å². The molecule has 0 aliphatic rings. The van der Waals surface area contributed by atoms with E-state index in [1.807, 2.05) is 0 Å². The van der Waals surface area contributed by atoms with Gasteiger partial charge < -0.3 is 0 Å². The third-order valence-corrected chi connectivity index (χ3v) is 2.49. The summed E-state index contributed by atoms with van der Waals surface area (Å²) in [5.41, 5.74) is 0. The van der Waals surface area contributed by atoms with Gasteiger partial charge in [0, 0.05) is 0 Å². The van der Waals surface area contributed by atoms with Gasteiger partial charge in [0.15, 0.2) is 0.888 Å². The van der Waals surface area contributed by atoms with Crippen LogP contribution in [-0.2, 0) is 0 Å². The molecule has 0 spiro atoms. The number of alkyl halides is 4. The van der Waals surface area contributed by atoms with Gasteiger partial charge in [-0.2, -0.15) is 0 Å². The van der Waals surface area contributed by atoms with E-state index in [0.717, 1.165) is 0 Å². The van der Waals surface area contributed by atoms with E-state index >= 15 is 0 Å². The Bertz CT molecular complexity index is 39.3. The molecule has 0 rings (SSSR count). The highest BCUT2D eigenvalue weighted by Gasteiger charge is 2.14. The predicted octanol–water partition coefficient (Wildman–Crippen LogP) is 2.99. The maximum absolute atomic E-state index is 5.56. The van der Waals surface area contributed by atoms with E-state index in [1.54, 1.807) is 0 Å². The van der Waals surface area contributed by atoms with Crippen molar-refractivity contribution in [2.45, 2.75) is 0.888 Å². The summed E-state index contributed by atoms with van der Waals surface area (Å²) < 4.78 is -0.281. The maximum atomic E-state index is 5.56. The topological polar surface area (TPSA) is 0 Å². The third kappa shape index (κ3) is 6.04. The Morgan fingerprint density at radius 1 is 1.50 bits per heavy atom. The minimum atomic E-state index is -0.281. The molecule has 0 saturated carbocycles. The third-order valence-electron chi connectivity index (χ3n) is 0.152. The summed E-state index contributed by atoms with van der Waals surface area (Å²) in [5, 5.41) is 0. The van der Waals surface area contributed by atoms with Gasteiger partial charge in [-0.3, -0.25) is 0 Å². The van der Waals surface area contributed by atoms with Gasteiger partial charge in [0.25, 0.3) is 0 Å². The lowest BCUT2D eigenvalue weighted by molar-refractivity contribution is 1.43. The Labute approximate surface area is 74.2 Å². The molecular formula is C2H2Cl2I2. The van der Waals surface area contributed by atoms with E-state index in [0.29, 0.717) is 5.88 Å². The molecule has 0 aromatic carbocycles. The zero-order valence-corrected chi connectivity index (χ0v) is 8.55. The van der Waals surface area contributed by atoms with Crippen LogP contribution in [-0.4, -0.2) is 6.77 Å². The number of rotatable bonds is 1. The van der Waals surface area contributed by atoms with Crippen molar-refractivity contribution in [2.75, 3.05) is 5.88 Å². The normalized spacial score (nSPS) is 12.0. The first kappa shape index (κ1) is 8.04. The van der Waals surface area contributed by atoms with Gasteiger partial charge >= 0.3 is 0 Å². The lowest BCUT2D eigenvalue weighted by Gasteiger charge is -2.02. The van der Waals surface area contributed by atoms with Crippen LogP contribution in [0.25, 0.3) is 0 Å². The molecule has 0 fully saturated rings. The number of halogens is 4. The molecule has 0 nitrogen and oxygen atoms in total. The summed E-state index contributed by atoms with van der Waals surface area (Å²) in [7, 11) is 0. The molecule has 0 aliphatic heterocycles. The van der Waals surface area contributed by atoms with Gasteiger partial charge in [0.05, 0.1) is 5.88 Å². The van der Waals surface area contributed by atoms with E-state index in [-0.39, 0.29) is 0.888 Å². The lowest BCUT2D eigenvalue weighted by Crippen LogP contribution is -1.98. The molecular weight excluding hydrogens is 349 g/mol. The van der Waals surface area contributed by atoms with Crippen molar-refractivity contribution in [3.05, 3.63) is 0 Å². The predicted molar refractivity (Wildman–Crippen MR) is 47.3 cm³/mol. The van der Waals surface area contributed by atoms with Crippen LogP contribution in [0.15, 0.2) is 0 Å². The quantitative estimate of drug-likeness (QED) is 0.504. The molecule has 38 valence electrons. The molecule has 4 heteroatoms. The average molecular weight is 351 g/mol. The van der Waals surface area contributed by atoms with Gasteiger partial charge in [-0.25, -0.2) is 0 Å². The molecule has 0 amide bonds. The van der Waals surface area contributed by atoms with Crippen molar-refractivity contribution in [2.24, 2.45) is 0 Å². The first-order valence-corrected chi connectivity index (χ1v) is 4.26. The summed E-state index contributed by atoms with van der Waals surface area (Å²) in [5.74, 6) is 0.482. The Balaban J connectivity index is 3.17. The molecule has 0 heterocycles. The van der Waals surface area contributed by atoms with Crippen LogP contribution in [0.5, 0.6) is 0 Å². The smallest absolute Gasteiger partial charge is 0.123 e. The second-order valence-electron chi connectivity index (χ2n) is 0.749. The second kappa shape index (κ2) is 3.14. The lowest BCUT2D eigenvalue weighted by atomic mass is 11.0. The van der Waals surface area contributed by atoms with Crippen molar-refractivity contribution in [3.8, 4) is 0 Å². The molecule has 0 unspecified atom stereocenters. The number of hydrogen-bond donors (Lipinski definition) is 0. The summed E-state index contributed by atoms with van der Waals surface area (Å²) >= 11 is 15.0. The standard InChI is InChI=1S/C2H2Cl2I2/c3-1-2(4,5)6/h1H2. The largest absolute Gasteiger partial charge is 0.159 e. The molecule has 0 aromatic rings. The van der Waals surface area contributed by atoms with Crippen LogP contribution >= 0.6 is 68.4 Å². The first-order chi connectivity index (χ1) is 2.56. The van der Waals surface area contributed by atoms with Crippen molar-refractivity contribution < 1.29 is 0 Å². The van der Waals surface area contributed by atoms with Crippen LogP contribution in [0.4, 0.5) is 0 Å². The van der Waals surface area contributed by atoms with Crippen molar-refractivity contribution in [1.82, 2.24) is 0 Å². The van der Waals surface area contributed by atoms with Crippen molar-refractivity contribution in [1.29, 1.82) is 0 Å². The van der Waals surface area contributed by atoms with E-state index in [2.05, 4.69) is 45.2 Å². The van der Waals surface area contributed by atoms with E-state index < -0.39 is 0 Å². The number of hydrogen-bond acceptors (Lipinski definition) is 0. The highest BCUT2D eigenvalue weighted by molar-refractivity contribution is 14.2. The van der Waals surface area contributed by atoms with Gasteiger partial charge in [-0.15, -0.1) is 11.6 Å². The molecule has 0 radical (unpaired) electrons. The molecule has 0 aliphatic carbocycles. The van der Waals surface area contributed by atoms with E-state index in [9.17, 15) is 0 Å². The molecule has 0 bridgehead atoms. The Morgan fingerprint density at radius 2 is 1.67 bits per heavy atom. The maximum Gasteiger partial charge on any atom is 0.159 e. The zero-order chi connectivity index (χ0) is 5.21. The molecule has 0 N–H and O–H groups in total. The van der Waals surface area contributed by atoms with Crippen molar-refractivity contribution >= 4 is 68.4 Å². The molecule has 6 heavy (non-hydrogen) atoms. The van der Waals surface area contributed by atoms with Gasteiger partial charge in [-0.05, 0) is 45.2 Å². The Kier molecular flexibility index (Phi) is 4.21. The van der Waals surface area contributed by atoms with Crippen LogP contribution in [0, 0.1) is 0 Å². The molecule has 0 aromatic heterocycles. The van der Waals surface area contributed by atoms with Crippen LogP contribution in [0.3, 0.4) is 0 Å². The summed E-state index contributed by atoms with van der Waals surface area (Å²) in [6.07, 6.45) is 0. The van der Waals surface area contributed by atoms with Gasteiger partial charge in [0.2, 0.25) is 0 Å².